The van der Waals surface area contributed by atoms with Crippen LogP contribution in [0.4, 0.5) is 0 Å². The Hall–Kier alpha value is -1.11. The van der Waals surface area contributed by atoms with E-state index >= 15 is 0 Å². The molecular weight excluding hydrogens is 244 g/mol. The van der Waals surface area contributed by atoms with Gasteiger partial charge >= 0.3 is 0 Å². The molecule has 0 fully saturated rings. The summed E-state index contributed by atoms with van der Waals surface area (Å²) in [5.41, 5.74) is 5.70. The average Bonchev–Trinajstić information content (AvgIpc) is 2.37. The molecule has 0 spiro atoms. The molecule has 2 atom stereocenters. The monoisotopic (exact) mass is 272 g/mol. The van der Waals surface area contributed by atoms with Crippen LogP contribution in [0.3, 0.4) is 0 Å². The van der Waals surface area contributed by atoms with Crippen molar-refractivity contribution < 1.29 is 4.79 Å². The predicted octanol–water partition coefficient (Wildman–Crippen LogP) is 4.58. The molecule has 0 radical (unpaired) electrons. The second-order valence-corrected chi connectivity index (χ2v) is 7.72. The fourth-order valence-corrected chi connectivity index (χ4v) is 3.87. The first-order chi connectivity index (χ1) is 9.14. The molecule has 0 unspecified atom stereocenters. The van der Waals surface area contributed by atoms with Crippen LogP contribution in [0.5, 0.6) is 0 Å². The maximum absolute atomic E-state index is 10.9. The van der Waals surface area contributed by atoms with Crippen molar-refractivity contribution in [2.75, 3.05) is 0 Å². The van der Waals surface area contributed by atoms with E-state index in [-0.39, 0.29) is 10.8 Å². The molecule has 0 heterocycles. The lowest BCUT2D eigenvalue weighted by molar-refractivity contribution is -0.107. The summed E-state index contributed by atoms with van der Waals surface area (Å²) in [7, 11) is 0. The van der Waals surface area contributed by atoms with Crippen molar-refractivity contribution in [3.63, 3.8) is 0 Å². The van der Waals surface area contributed by atoms with Gasteiger partial charge in [0.1, 0.15) is 6.29 Å². The van der Waals surface area contributed by atoms with E-state index in [0.29, 0.717) is 18.3 Å². The lowest BCUT2D eigenvalue weighted by Gasteiger charge is -2.51. The van der Waals surface area contributed by atoms with Gasteiger partial charge < -0.3 is 4.79 Å². The van der Waals surface area contributed by atoms with Crippen molar-refractivity contribution in [2.45, 2.75) is 65.7 Å². The van der Waals surface area contributed by atoms with Crippen molar-refractivity contribution in [2.24, 2.45) is 11.8 Å². The molecule has 1 aromatic rings. The van der Waals surface area contributed by atoms with Gasteiger partial charge in [-0.15, -0.1) is 0 Å². The van der Waals surface area contributed by atoms with E-state index < -0.39 is 0 Å². The average molecular weight is 272 g/mol. The largest absolute Gasteiger partial charge is 0.303 e. The van der Waals surface area contributed by atoms with Crippen LogP contribution in [0.2, 0.25) is 0 Å². The number of aldehydes is 1. The zero-order valence-corrected chi connectivity index (χ0v) is 14.0. The van der Waals surface area contributed by atoms with E-state index in [4.69, 9.17) is 0 Å². The van der Waals surface area contributed by atoms with Crippen molar-refractivity contribution in [3.05, 3.63) is 34.4 Å². The van der Waals surface area contributed by atoms with E-state index in [2.05, 4.69) is 60.6 Å². The molecule has 0 saturated carbocycles. The summed E-state index contributed by atoms with van der Waals surface area (Å²) in [6, 6.07) is 4.63. The minimum Gasteiger partial charge on any atom is -0.303 e. The first kappa shape index (κ1) is 15.3. The maximum atomic E-state index is 10.9. The normalized spacial score (nSPS) is 26.9. The highest BCUT2D eigenvalue weighted by Crippen LogP contribution is 2.52. The van der Waals surface area contributed by atoms with E-state index in [9.17, 15) is 4.79 Å². The van der Waals surface area contributed by atoms with Gasteiger partial charge in [0.15, 0.2) is 0 Å². The molecule has 0 amide bonds. The standard InChI is InChI=1S/C19H28O/c1-12-10-16-17(11-15(12)8-9-20)19(6,7)14(3)13(2)18(16,4)5/h9-11,13-14H,8H2,1-7H3/t13-,14-/m1/s1. The van der Waals surface area contributed by atoms with Crippen molar-refractivity contribution in [1.82, 2.24) is 0 Å². The molecular formula is C19H28O. The minimum absolute atomic E-state index is 0.162. The molecule has 1 aliphatic carbocycles. The number of aryl methyl sites for hydroxylation is 1. The number of carbonyl (C=O) groups is 1. The fourth-order valence-electron chi connectivity index (χ4n) is 3.87. The van der Waals surface area contributed by atoms with Gasteiger partial charge in [-0.3, -0.25) is 0 Å². The van der Waals surface area contributed by atoms with Crippen LogP contribution >= 0.6 is 0 Å². The van der Waals surface area contributed by atoms with Crippen LogP contribution in [0.1, 0.15) is 63.8 Å². The van der Waals surface area contributed by atoms with Crippen molar-refractivity contribution >= 4 is 6.29 Å². The predicted molar refractivity (Wildman–Crippen MR) is 85.3 cm³/mol. The third kappa shape index (κ3) is 2.03. The third-order valence-corrected chi connectivity index (χ3v) is 6.19. The van der Waals surface area contributed by atoms with Gasteiger partial charge in [0.25, 0.3) is 0 Å². The Bertz CT molecular complexity index is 537. The summed E-state index contributed by atoms with van der Waals surface area (Å²) >= 11 is 0. The summed E-state index contributed by atoms with van der Waals surface area (Å²) in [6.07, 6.45) is 1.54. The van der Waals surface area contributed by atoms with Gasteiger partial charge in [-0.1, -0.05) is 53.7 Å². The number of fused-ring (bicyclic) bond motifs is 1. The van der Waals surface area contributed by atoms with Crippen molar-refractivity contribution in [3.8, 4) is 0 Å². The number of benzene rings is 1. The van der Waals surface area contributed by atoms with Crippen LogP contribution in [0, 0.1) is 18.8 Å². The number of hydrogen-bond acceptors (Lipinski definition) is 1. The molecule has 0 N–H and O–H groups in total. The number of hydrogen-bond donors (Lipinski definition) is 0. The first-order valence-corrected chi connectivity index (χ1v) is 7.72. The second kappa shape index (κ2) is 4.72. The molecule has 0 bridgehead atoms. The van der Waals surface area contributed by atoms with Crippen LogP contribution in [-0.4, -0.2) is 6.29 Å². The van der Waals surface area contributed by atoms with Crippen LogP contribution in [-0.2, 0) is 22.0 Å². The van der Waals surface area contributed by atoms with Gasteiger partial charge in [0.2, 0.25) is 0 Å². The molecule has 20 heavy (non-hydrogen) atoms. The first-order valence-electron chi connectivity index (χ1n) is 7.72. The lowest BCUT2D eigenvalue weighted by Crippen LogP contribution is -2.46. The van der Waals surface area contributed by atoms with Crippen molar-refractivity contribution in [1.29, 1.82) is 0 Å². The van der Waals surface area contributed by atoms with Crippen LogP contribution < -0.4 is 0 Å². The molecule has 1 aliphatic rings. The third-order valence-electron chi connectivity index (χ3n) is 6.19. The van der Waals surface area contributed by atoms with Crippen LogP contribution in [0.15, 0.2) is 12.1 Å². The zero-order chi connectivity index (χ0) is 15.3. The maximum Gasteiger partial charge on any atom is 0.124 e. The Morgan fingerprint density at radius 3 is 1.90 bits per heavy atom. The fraction of sp³-hybridized carbons (Fsp3) is 0.632. The molecule has 0 aliphatic heterocycles. The highest BCUT2D eigenvalue weighted by Gasteiger charge is 2.46. The zero-order valence-electron chi connectivity index (χ0n) is 14.0. The Balaban J connectivity index is 2.73. The van der Waals surface area contributed by atoms with Crippen LogP contribution in [0.25, 0.3) is 0 Å². The van der Waals surface area contributed by atoms with E-state index in [1.54, 1.807) is 0 Å². The Kier molecular flexibility index (Phi) is 3.60. The topological polar surface area (TPSA) is 17.1 Å². The molecule has 0 aromatic heterocycles. The molecule has 0 saturated heterocycles. The molecule has 2 rings (SSSR count). The summed E-state index contributed by atoms with van der Waals surface area (Å²) < 4.78 is 0. The van der Waals surface area contributed by atoms with Gasteiger partial charge in [0, 0.05) is 6.42 Å². The van der Waals surface area contributed by atoms with Gasteiger partial charge in [0.05, 0.1) is 0 Å². The smallest absolute Gasteiger partial charge is 0.124 e. The van der Waals surface area contributed by atoms with E-state index in [1.807, 2.05) is 0 Å². The number of rotatable bonds is 2. The second-order valence-electron chi connectivity index (χ2n) is 7.72. The Morgan fingerprint density at radius 2 is 1.45 bits per heavy atom. The van der Waals surface area contributed by atoms with Gasteiger partial charge in [-0.25, -0.2) is 0 Å². The molecule has 1 nitrogen and oxygen atoms in total. The van der Waals surface area contributed by atoms with E-state index in [0.717, 1.165) is 6.29 Å². The summed E-state index contributed by atoms with van der Waals surface area (Å²) in [4.78, 5) is 10.9. The Labute approximate surface area is 123 Å². The quantitative estimate of drug-likeness (QED) is 0.720. The highest BCUT2D eigenvalue weighted by atomic mass is 16.1. The SMILES string of the molecule is Cc1cc2c(cc1CC=O)C(C)(C)[C@H](C)[C@@H](C)C2(C)C. The van der Waals surface area contributed by atoms with Gasteiger partial charge in [-0.2, -0.15) is 0 Å². The molecule has 1 heteroatoms. The summed E-state index contributed by atoms with van der Waals surface area (Å²) in [5, 5.41) is 0. The lowest BCUT2D eigenvalue weighted by atomic mass is 9.53. The summed E-state index contributed by atoms with van der Waals surface area (Å²) in [6.45, 7) is 16.3. The highest BCUT2D eigenvalue weighted by molar-refractivity contribution is 5.58. The Morgan fingerprint density at radius 1 is 1.00 bits per heavy atom. The van der Waals surface area contributed by atoms with E-state index in [1.165, 1.54) is 22.3 Å². The molecule has 110 valence electrons. The number of carbonyl (C=O) groups excluding carboxylic acids is 1. The molecule has 1 aromatic carbocycles. The summed E-state index contributed by atoms with van der Waals surface area (Å²) in [5.74, 6) is 1.26. The van der Waals surface area contributed by atoms with Gasteiger partial charge in [-0.05, 0) is 51.8 Å². The minimum atomic E-state index is 0.162.